The van der Waals surface area contributed by atoms with Crippen molar-refractivity contribution in [2.45, 2.75) is 52.5 Å². The minimum absolute atomic E-state index is 0.759. The second-order valence-electron chi connectivity index (χ2n) is 5.02. The van der Waals surface area contributed by atoms with Crippen molar-refractivity contribution in [2.75, 3.05) is 13.2 Å². The first-order valence-corrected chi connectivity index (χ1v) is 10.1. The van der Waals surface area contributed by atoms with Crippen LogP contribution in [0.5, 0.6) is 0 Å². The third-order valence-electron chi connectivity index (χ3n) is 3.42. The van der Waals surface area contributed by atoms with Crippen molar-refractivity contribution >= 4 is 25.3 Å². The highest BCUT2D eigenvalue weighted by Gasteiger charge is 2.38. The predicted octanol–water partition coefficient (Wildman–Crippen LogP) is 4.64. The fraction of sp³-hybridized carbons (Fsp3) is 0.625. The van der Waals surface area contributed by atoms with E-state index in [2.05, 4.69) is 32.9 Å². The van der Waals surface area contributed by atoms with Gasteiger partial charge in [0.2, 0.25) is 0 Å². The monoisotopic (exact) mass is 314 g/mol. The van der Waals surface area contributed by atoms with Gasteiger partial charge in [-0.3, -0.25) is 0 Å². The van der Waals surface area contributed by atoms with E-state index < -0.39 is 8.56 Å². The minimum atomic E-state index is -2.30. The molecule has 0 radical (unpaired) electrons. The van der Waals surface area contributed by atoms with Crippen molar-refractivity contribution in [2.24, 2.45) is 0 Å². The van der Waals surface area contributed by atoms with Crippen LogP contribution in [0, 0.1) is 0 Å². The number of unbranched alkanes of at least 4 members (excludes halogenated alkanes) is 2. The Kier molecular flexibility index (Phi) is 8.46. The molecule has 0 saturated heterocycles. The second-order valence-corrected chi connectivity index (χ2v) is 8.82. The molecule has 0 aliphatic rings. The van der Waals surface area contributed by atoms with E-state index in [9.17, 15) is 0 Å². The number of rotatable bonds is 10. The molecule has 1 aromatic rings. The van der Waals surface area contributed by atoms with E-state index in [0.717, 1.165) is 50.0 Å². The molecule has 0 spiro atoms. The summed E-state index contributed by atoms with van der Waals surface area (Å²) in [5, 5.41) is 1.95. The zero-order valence-electron chi connectivity index (χ0n) is 13.0. The summed E-state index contributed by atoms with van der Waals surface area (Å²) in [7, 11) is -2.30. The van der Waals surface area contributed by atoms with Crippen LogP contribution < -0.4 is 5.19 Å². The van der Waals surface area contributed by atoms with Gasteiger partial charge in [0.15, 0.2) is 0 Å². The van der Waals surface area contributed by atoms with Crippen molar-refractivity contribution in [1.29, 1.82) is 0 Å². The average molecular weight is 315 g/mol. The normalized spacial score (nSPS) is 11.8. The van der Waals surface area contributed by atoms with Crippen LogP contribution in [0.2, 0.25) is 11.1 Å². The first kappa shape index (κ1) is 17.7. The number of hydrogen-bond acceptors (Lipinski definition) is 2. The smallest absolute Gasteiger partial charge is 0.372 e. The molecule has 0 aliphatic carbocycles. The third kappa shape index (κ3) is 5.21. The third-order valence-corrected chi connectivity index (χ3v) is 7.15. The number of benzene rings is 1. The quantitative estimate of drug-likeness (QED) is 0.462. The van der Waals surface area contributed by atoms with E-state index in [1.54, 1.807) is 0 Å². The lowest BCUT2D eigenvalue weighted by Gasteiger charge is -2.30. The summed E-state index contributed by atoms with van der Waals surface area (Å²) in [6.45, 7) is 8.09. The highest BCUT2D eigenvalue weighted by molar-refractivity contribution is 6.81. The molecule has 0 N–H and O–H groups in total. The average Bonchev–Trinajstić information content (AvgIpc) is 2.47. The largest absolute Gasteiger partial charge is 0.391 e. The minimum Gasteiger partial charge on any atom is -0.391 e. The Hall–Kier alpha value is -0.353. The van der Waals surface area contributed by atoms with Crippen LogP contribution in [0.1, 0.15) is 46.5 Å². The molecule has 0 fully saturated rings. The van der Waals surface area contributed by atoms with Crippen molar-refractivity contribution < 1.29 is 8.85 Å². The Balaban J connectivity index is 2.86. The molecule has 0 saturated carbocycles. The fourth-order valence-electron chi connectivity index (χ4n) is 2.08. The molecule has 0 aromatic heterocycles. The first-order valence-electron chi connectivity index (χ1n) is 7.72. The van der Waals surface area contributed by atoms with Crippen LogP contribution in [-0.2, 0) is 8.85 Å². The molecule has 0 heterocycles. The maximum Gasteiger partial charge on any atom is 0.372 e. The second kappa shape index (κ2) is 9.56. The van der Waals surface area contributed by atoms with Gasteiger partial charge in [0.1, 0.15) is 0 Å². The summed E-state index contributed by atoms with van der Waals surface area (Å²) in [4.78, 5) is 0. The molecule has 2 nitrogen and oxygen atoms in total. The number of halogens is 1. The molecule has 1 aromatic carbocycles. The Morgan fingerprint density at radius 1 is 0.900 bits per heavy atom. The Morgan fingerprint density at radius 2 is 1.40 bits per heavy atom. The van der Waals surface area contributed by atoms with Gasteiger partial charge < -0.3 is 8.85 Å². The van der Waals surface area contributed by atoms with Crippen LogP contribution >= 0.6 is 11.6 Å². The molecular weight excluding hydrogens is 288 g/mol. The Morgan fingerprint density at radius 3 is 1.80 bits per heavy atom. The molecule has 1 rings (SSSR count). The SMILES string of the molecule is CCCCO[Si](CC)(OCCCC)c1ccc(Cl)cc1. The predicted molar refractivity (Wildman–Crippen MR) is 89.0 cm³/mol. The molecule has 0 bridgehead atoms. The Bertz CT molecular complexity index is 357. The van der Waals surface area contributed by atoms with E-state index in [1.165, 1.54) is 5.19 Å². The standard InChI is InChI=1S/C16H27ClO2Si/c1-4-7-13-18-20(6-3,19-14-8-5-2)16-11-9-15(17)10-12-16/h9-12H,4-8,13-14H2,1-3H3. The molecule has 0 atom stereocenters. The van der Waals surface area contributed by atoms with Crippen molar-refractivity contribution in [3.05, 3.63) is 29.3 Å². The zero-order chi connectivity index (χ0) is 14.8. The van der Waals surface area contributed by atoms with Gasteiger partial charge in [0, 0.05) is 18.2 Å². The van der Waals surface area contributed by atoms with Gasteiger partial charge >= 0.3 is 8.56 Å². The maximum atomic E-state index is 6.27. The van der Waals surface area contributed by atoms with E-state index in [1.807, 2.05) is 12.1 Å². The lowest BCUT2D eigenvalue weighted by molar-refractivity contribution is 0.176. The van der Waals surface area contributed by atoms with Crippen LogP contribution in [0.15, 0.2) is 24.3 Å². The van der Waals surface area contributed by atoms with E-state index in [4.69, 9.17) is 20.5 Å². The van der Waals surface area contributed by atoms with Crippen LogP contribution in [0.4, 0.5) is 0 Å². The Labute approximate surface area is 129 Å². The van der Waals surface area contributed by atoms with Gasteiger partial charge in [-0.05, 0) is 36.2 Å². The van der Waals surface area contributed by atoms with Crippen LogP contribution in [0.3, 0.4) is 0 Å². The zero-order valence-corrected chi connectivity index (χ0v) is 14.7. The summed E-state index contributed by atoms with van der Waals surface area (Å²) in [6.07, 6.45) is 4.45. The maximum absolute atomic E-state index is 6.27. The van der Waals surface area contributed by atoms with E-state index in [0.29, 0.717) is 0 Å². The molecule has 0 amide bonds. The summed E-state index contributed by atoms with van der Waals surface area (Å²) < 4.78 is 12.5. The molecule has 4 heteroatoms. The van der Waals surface area contributed by atoms with Gasteiger partial charge in [-0.2, -0.15) is 0 Å². The van der Waals surface area contributed by atoms with E-state index >= 15 is 0 Å². The topological polar surface area (TPSA) is 18.5 Å². The summed E-state index contributed by atoms with van der Waals surface area (Å²) in [6, 6.07) is 8.93. The first-order chi connectivity index (χ1) is 9.68. The van der Waals surface area contributed by atoms with Crippen molar-refractivity contribution in [1.82, 2.24) is 0 Å². The van der Waals surface area contributed by atoms with Gasteiger partial charge in [-0.25, -0.2) is 0 Å². The highest BCUT2D eigenvalue weighted by atomic mass is 35.5. The lowest BCUT2D eigenvalue weighted by atomic mass is 10.4. The summed E-state index contributed by atoms with van der Waals surface area (Å²) in [5.74, 6) is 0. The summed E-state index contributed by atoms with van der Waals surface area (Å²) >= 11 is 5.99. The van der Waals surface area contributed by atoms with Crippen molar-refractivity contribution in [3.63, 3.8) is 0 Å². The molecule has 20 heavy (non-hydrogen) atoms. The molecule has 114 valence electrons. The van der Waals surface area contributed by atoms with Gasteiger partial charge in [-0.15, -0.1) is 0 Å². The summed E-state index contributed by atoms with van der Waals surface area (Å²) in [5.41, 5.74) is 0. The highest BCUT2D eigenvalue weighted by Crippen LogP contribution is 2.17. The lowest BCUT2D eigenvalue weighted by Crippen LogP contribution is -2.53. The van der Waals surface area contributed by atoms with Gasteiger partial charge in [0.25, 0.3) is 0 Å². The molecular formula is C16H27ClO2Si. The molecule has 0 aliphatic heterocycles. The van der Waals surface area contributed by atoms with Crippen LogP contribution in [-0.4, -0.2) is 21.8 Å². The van der Waals surface area contributed by atoms with Crippen molar-refractivity contribution in [3.8, 4) is 0 Å². The fourth-order valence-corrected chi connectivity index (χ4v) is 5.06. The van der Waals surface area contributed by atoms with Gasteiger partial charge in [-0.1, -0.05) is 57.3 Å². The van der Waals surface area contributed by atoms with Gasteiger partial charge in [0.05, 0.1) is 0 Å². The molecule has 0 unspecified atom stereocenters. The number of hydrogen-bond donors (Lipinski definition) is 0. The van der Waals surface area contributed by atoms with Crippen LogP contribution in [0.25, 0.3) is 0 Å². The van der Waals surface area contributed by atoms with E-state index in [-0.39, 0.29) is 0 Å².